The van der Waals surface area contributed by atoms with E-state index in [0.29, 0.717) is 0 Å². The molecule has 0 aliphatic heterocycles. The number of rotatable bonds is 2. The van der Waals surface area contributed by atoms with Crippen LogP contribution >= 0.6 is 0 Å². The minimum Gasteiger partial charge on any atom is -0.408 e. The van der Waals surface area contributed by atoms with E-state index >= 15 is 0 Å². The molecule has 0 saturated carbocycles. The van der Waals surface area contributed by atoms with Crippen LogP contribution in [0, 0.1) is 0 Å². The van der Waals surface area contributed by atoms with E-state index in [4.69, 9.17) is 10.2 Å². The molecule has 0 saturated heterocycles. The number of nitrogens with one attached hydrogen (secondary N) is 1. The van der Waals surface area contributed by atoms with Gasteiger partial charge >= 0.3 is 5.76 Å². The summed E-state index contributed by atoms with van der Waals surface area (Å²) in [5.41, 5.74) is 5.45. The van der Waals surface area contributed by atoms with Crippen LogP contribution in [-0.4, -0.2) is 11.0 Å². The molecule has 6 heteroatoms. The van der Waals surface area contributed by atoms with Gasteiger partial charge in [0.1, 0.15) is 0 Å². The van der Waals surface area contributed by atoms with Crippen LogP contribution in [0.5, 0.6) is 0 Å². The van der Waals surface area contributed by atoms with Crippen molar-refractivity contribution in [1.82, 2.24) is 4.98 Å². The molecule has 0 radical (unpaired) electrons. The first kappa shape index (κ1) is 10.8. The van der Waals surface area contributed by atoms with Crippen LogP contribution in [0.15, 0.2) is 27.4 Å². The third-order valence-electron chi connectivity index (χ3n) is 2.38. The molecular formula is C10H10F2N2O2. The smallest absolute Gasteiger partial charge is 0.408 e. The number of fused-ring (bicyclic) bond motifs is 1. The largest absolute Gasteiger partial charge is 0.417 e. The third kappa shape index (κ3) is 1.61. The van der Waals surface area contributed by atoms with Gasteiger partial charge in [0.25, 0.3) is 5.92 Å². The minimum atomic E-state index is -3.14. The maximum Gasteiger partial charge on any atom is 0.417 e. The second-order valence-electron chi connectivity index (χ2n) is 3.64. The molecule has 0 bridgehead atoms. The van der Waals surface area contributed by atoms with Crippen molar-refractivity contribution >= 4 is 11.1 Å². The Bertz CT molecular complexity index is 571. The highest BCUT2D eigenvalue weighted by Crippen LogP contribution is 2.31. The zero-order valence-electron chi connectivity index (χ0n) is 8.46. The summed E-state index contributed by atoms with van der Waals surface area (Å²) in [6.07, 6.45) is 0. The predicted octanol–water partition coefficient (Wildman–Crippen LogP) is 1.56. The standard InChI is InChI=1S/C10H10F2N2O2/c1-5(13)10(11,12)6-2-3-8-7(4-6)14-9(15)16-8/h2-5H,13H2,1H3,(H,14,15). The van der Waals surface area contributed by atoms with Crippen LogP contribution in [-0.2, 0) is 5.92 Å². The van der Waals surface area contributed by atoms with Crippen molar-refractivity contribution in [2.75, 3.05) is 0 Å². The third-order valence-corrected chi connectivity index (χ3v) is 2.38. The van der Waals surface area contributed by atoms with Crippen LogP contribution in [0.2, 0.25) is 0 Å². The monoisotopic (exact) mass is 228 g/mol. The molecule has 4 nitrogen and oxygen atoms in total. The first-order valence-electron chi connectivity index (χ1n) is 4.68. The van der Waals surface area contributed by atoms with Crippen molar-refractivity contribution in [3.05, 3.63) is 34.3 Å². The van der Waals surface area contributed by atoms with E-state index in [-0.39, 0.29) is 16.7 Å². The Morgan fingerprint density at radius 3 is 2.81 bits per heavy atom. The van der Waals surface area contributed by atoms with E-state index in [1.165, 1.54) is 25.1 Å². The molecule has 3 N–H and O–H groups in total. The fraction of sp³-hybridized carbons (Fsp3) is 0.300. The number of aromatic amines is 1. The highest BCUT2D eigenvalue weighted by Gasteiger charge is 2.36. The van der Waals surface area contributed by atoms with E-state index < -0.39 is 17.7 Å². The number of H-pyrrole nitrogens is 1. The van der Waals surface area contributed by atoms with E-state index in [2.05, 4.69) is 4.98 Å². The highest BCUT2D eigenvalue weighted by molar-refractivity contribution is 5.73. The van der Waals surface area contributed by atoms with Crippen molar-refractivity contribution in [2.24, 2.45) is 5.73 Å². The molecule has 0 amide bonds. The van der Waals surface area contributed by atoms with Crippen LogP contribution < -0.4 is 11.5 Å². The van der Waals surface area contributed by atoms with Gasteiger partial charge in [-0.2, -0.15) is 8.78 Å². The average molecular weight is 228 g/mol. The zero-order valence-corrected chi connectivity index (χ0v) is 8.46. The Labute approximate surface area is 89.1 Å². The summed E-state index contributed by atoms with van der Waals surface area (Å²) >= 11 is 0. The summed E-state index contributed by atoms with van der Waals surface area (Å²) in [7, 11) is 0. The lowest BCUT2D eigenvalue weighted by atomic mass is 10.0. The fourth-order valence-corrected chi connectivity index (χ4v) is 1.42. The molecule has 0 aliphatic rings. The Hall–Kier alpha value is -1.69. The number of benzene rings is 1. The molecule has 1 aromatic carbocycles. The highest BCUT2D eigenvalue weighted by atomic mass is 19.3. The summed E-state index contributed by atoms with van der Waals surface area (Å²) in [5, 5.41) is 0. The SMILES string of the molecule is CC(N)C(F)(F)c1ccc2oc(=O)[nH]c2c1. The number of oxazole rings is 1. The van der Waals surface area contributed by atoms with E-state index in [1.807, 2.05) is 0 Å². The van der Waals surface area contributed by atoms with Gasteiger partial charge in [-0.1, -0.05) is 0 Å². The fourth-order valence-electron chi connectivity index (χ4n) is 1.42. The van der Waals surface area contributed by atoms with Gasteiger partial charge in [0.05, 0.1) is 11.6 Å². The van der Waals surface area contributed by atoms with Crippen LogP contribution in [0.4, 0.5) is 8.78 Å². The molecule has 0 spiro atoms. The van der Waals surface area contributed by atoms with Crippen molar-refractivity contribution in [3.8, 4) is 0 Å². The zero-order chi connectivity index (χ0) is 11.9. The average Bonchev–Trinajstić information content (AvgIpc) is 2.56. The first-order chi connectivity index (χ1) is 7.41. The van der Waals surface area contributed by atoms with Gasteiger partial charge < -0.3 is 10.2 Å². The minimum absolute atomic E-state index is 0.239. The Kier molecular flexibility index (Phi) is 2.31. The normalized spacial score (nSPS) is 14.2. The maximum absolute atomic E-state index is 13.6. The molecule has 0 fully saturated rings. The Morgan fingerprint density at radius 2 is 2.19 bits per heavy atom. The van der Waals surface area contributed by atoms with Gasteiger partial charge in [0.2, 0.25) is 0 Å². The Balaban J connectivity index is 2.58. The van der Waals surface area contributed by atoms with E-state index in [0.717, 1.165) is 0 Å². The van der Waals surface area contributed by atoms with E-state index in [9.17, 15) is 13.6 Å². The molecule has 1 heterocycles. The molecule has 1 aromatic heterocycles. The summed E-state index contributed by atoms with van der Waals surface area (Å²) in [6.45, 7) is 1.22. The summed E-state index contributed by atoms with van der Waals surface area (Å²) in [6, 6.07) is 2.38. The van der Waals surface area contributed by atoms with Gasteiger partial charge in [-0.15, -0.1) is 0 Å². The second-order valence-corrected chi connectivity index (χ2v) is 3.64. The maximum atomic E-state index is 13.6. The number of hydrogen-bond donors (Lipinski definition) is 2. The van der Waals surface area contributed by atoms with Crippen molar-refractivity contribution in [2.45, 2.75) is 18.9 Å². The number of alkyl halides is 2. The second kappa shape index (κ2) is 3.41. The summed E-state index contributed by atoms with van der Waals surface area (Å²) < 4.78 is 31.8. The number of halogens is 2. The van der Waals surface area contributed by atoms with E-state index in [1.54, 1.807) is 0 Å². The Morgan fingerprint density at radius 1 is 1.50 bits per heavy atom. The van der Waals surface area contributed by atoms with Crippen LogP contribution in [0.25, 0.3) is 11.1 Å². The molecule has 2 aromatic rings. The number of hydrogen-bond acceptors (Lipinski definition) is 3. The molecule has 2 rings (SSSR count). The predicted molar refractivity (Wildman–Crippen MR) is 54.4 cm³/mol. The van der Waals surface area contributed by atoms with Gasteiger partial charge in [-0.25, -0.2) is 4.79 Å². The van der Waals surface area contributed by atoms with Crippen molar-refractivity contribution in [3.63, 3.8) is 0 Å². The van der Waals surface area contributed by atoms with Crippen molar-refractivity contribution in [1.29, 1.82) is 0 Å². The lowest BCUT2D eigenvalue weighted by Crippen LogP contribution is -2.35. The van der Waals surface area contributed by atoms with Crippen LogP contribution in [0.3, 0.4) is 0 Å². The summed E-state index contributed by atoms with van der Waals surface area (Å²) in [5.74, 6) is -3.81. The molecule has 0 aliphatic carbocycles. The molecule has 1 atom stereocenters. The summed E-state index contributed by atoms with van der Waals surface area (Å²) in [4.78, 5) is 13.2. The number of nitrogens with two attached hydrogens (primary N) is 1. The van der Waals surface area contributed by atoms with Crippen molar-refractivity contribution < 1.29 is 13.2 Å². The molecule has 86 valence electrons. The van der Waals surface area contributed by atoms with Gasteiger partial charge in [0.15, 0.2) is 5.58 Å². The van der Waals surface area contributed by atoms with Gasteiger partial charge in [-0.05, 0) is 25.1 Å². The lowest BCUT2D eigenvalue weighted by Gasteiger charge is -2.20. The van der Waals surface area contributed by atoms with Gasteiger partial charge in [0, 0.05) is 5.56 Å². The van der Waals surface area contributed by atoms with Crippen LogP contribution in [0.1, 0.15) is 12.5 Å². The number of aromatic nitrogens is 1. The molecular weight excluding hydrogens is 218 g/mol. The quantitative estimate of drug-likeness (QED) is 0.819. The molecule has 1 unspecified atom stereocenters. The van der Waals surface area contributed by atoms with Gasteiger partial charge in [-0.3, -0.25) is 4.98 Å². The first-order valence-corrected chi connectivity index (χ1v) is 4.68. The lowest BCUT2D eigenvalue weighted by molar-refractivity contribution is -0.0255. The topological polar surface area (TPSA) is 72.0 Å². The molecule has 16 heavy (non-hydrogen) atoms.